The molecule has 0 heterocycles. The average molecular weight is 313 g/mol. The van der Waals surface area contributed by atoms with Crippen LogP contribution in [-0.2, 0) is 6.42 Å². The van der Waals surface area contributed by atoms with Gasteiger partial charge in [-0.2, -0.15) is 0 Å². The van der Waals surface area contributed by atoms with Gasteiger partial charge < -0.3 is 11.1 Å². The van der Waals surface area contributed by atoms with Crippen molar-refractivity contribution in [1.29, 1.82) is 0 Å². The Morgan fingerprint density at radius 1 is 1.00 bits per heavy atom. The highest BCUT2D eigenvalue weighted by atomic mass is 35.5. The van der Waals surface area contributed by atoms with E-state index in [9.17, 15) is 0 Å². The van der Waals surface area contributed by atoms with Crippen LogP contribution in [0.5, 0.6) is 0 Å². The van der Waals surface area contributed by atoms with Crippen molar-refractivity contribution in [1.82, 2.24) is 5.32 Å². The van der Waals surface area contributed by atoms with Gasteiger partial charge in [0.05, 0.1) is 0 Å². The number of rotatable bonds is 4. The lowest BCUT2D eigenvalue weighted by Crippen LogP contribution is -2.19. The summed E-state index contributed by atoms with van der Waals surface area (Å²) >= 11 is 0. The molecule has 110 valence electrons. The van der Waals surface area contributed by atoms with Gasteiger partial charge in [-0.15, -0.1) is 24.8 Å². The second kappa shape index (κ2) is 8.85. The monoisotopic (exact) mass is 312 g/mol. The molecule has 0 radical (unpaired) electrons. The third-order valence-corrected chi connectivity index (χ3v) is 3.31. The van der Waals surface area contributed by atoms with Crippen LogP contribution in [0, 0.1) is 6.92 Å². The minimum atomic E-state index is 0. The molecule has 0 aliphatic rings. The Hall–Kier alpha value is -1.22. The van der Waals surface area contributed by atoms with Crippen molar-refractivity contribution >= 4 is 30.5 Å². The molecular weight excluding hydrogens is 291 g/mol. The van der Waals surface area contributed by atoms with Crippen LogP contribution < -0.4 is 11.1 Å². The quantitative estimate of drug-likeness (QED) is 0.840. The van der Waals surface area contributed by atoms with Crippen molar-refractivity contribution in [3.63, 3.8) is 0 Å². The summed E-state index contributed by atoms with van der Waals surface area (Å²) in [6.45, 7) is 2.10. The number of nitrogen functional groups attached to an aromatic ring is 1. The Kier molecular flexibility index (Phi) is 8.31. The molecule has 0 amide bonds. The number of anilines is 1. The first kappa shape index (κ1) is 18.8. The molecule has 2 rings (SSSR count). The summed E-state index contributed by atoms with van der Waals surface area (Å²) in [6, 6.07) is 17.0. The van der Waals surface area contributed by atoms with E-state index in [1.54, 1.807) is 0 Å². The number of nitrogens with two attached hydrogens (primary N) is 1. The Bertz CT molecular complexity index is 512. The van der Waals surface area contributed by atoms with Crippen molar-refractivity contribution < 1.29 is 0 Å². The number of hydrogen-bond acceptors (Lipinski definition) is 2. The van der Waals surface area contributed by atoms with E-state index in [4.69, 9.17) is 5.73 Å². The predicted octanol–water partition coefficient (Wildman–Crippen LogP) is 3.92. The molecule has 3 N–H and O–H groups in total. The van der Waals surface area contributed by atoms with E-state index in [0.29, 0.717) is 6.04 Å². The van der Waals surface area contributed by atoms with Gasteiger partial charge in [-0.1, -0.05) is 48.0 Å². The third kappa shape index (κ3) is 4.71. The second-order valence-corrected chi connectivity index (χ2v) is 4.65. The zero-order valence-corrected chi connectivity index (χ0v) is 13.4. The van der Waals surface area contributed by atoms with Crippen LogP contribution in [0.4, 0.5) is 5.69 Å². The van der Waals surface area contributed by atoms with E-state index in [1.165, 1.54) is 16.7 Å². The Balaban J connectivity index is 0.00000180. The lowest BCUT2D eigenvalue weighted by Gasteiger charge is -2.18. The summed E-state index contributed by atoms with van der Waals surface area (Å²) in [6.07, 6.45) is 0.909. The van der Waals surface area contributed by atoms with Gasteiger partial charge in [0, 0.05) is 11.7 Å². The van der Waals surface area contributed by atoms with Crippen LogP contribution >= 0.6 is 24.8 Å². The summed E-state index contributed by atoms with van der Waals surface area (Å²) in [7, 11) is 1.99. The number of likely N-dealkylation sites (N-methyl/N-ethyl adjacent to an activating group) is 1. The first-order valence-electron chi connectivity index (χ1n) is 6.28. The van der Waals surface area contributed by atoms with Crippen LogP contribution in [0.1, 0.15) is 22.7 Å². The number of benzene rings is 2. The maximum absolute atomic E-state index is 6.00. The molecule has 0 saturated heterocycles. The molecule has 0 saturated carbocycles. The van der Waals surface area contributed by atoms with Crippen LogP contribution in [0.2, 0.25) is 0 Å². The van der Waals surface area contributed by atoms with Crippen molar-refractivity contribution in [3.05, 3.63) is 65.2 Å². The minimum absolute atomic E-state index is 0. The number of halogens is 2. The number of hydrogen-bond donors (Lipinski definition) is 2. The van der Waals surface area contributed by atoms with Gasteiger partial charge in [-0.25, -0.2) is 0 Å². The van der Waals surface area contributed by atoms with E-state index in [1.807, 2.05) is 25.2 Å². The first-order valence-corrected chi connectivity index (χ1v) is 6.28. The fourth-order valence-corrected chi connectivity index (χ4v) is 2.13. The topological polar surface area (TPSA) is 38.0 Å². The molecule has 0 aliphatic heterocycles. The Morgan fingerprint density at radius 2 is 1.60 bits per heavy atom. The maximum Gasteiger partial charge on any atom is 0.0359 e. The summed E-state index contributed by atoms with van der Waals surface area (Å²) in [4.78, 5) is 0. The van der Waals surface area contributed by atoms with Crippen LogP contribution in [0.3, 0.4) is 0 Å². The molecule has 1 unspecified atom stereocenters. The summed E-state index contributed by atoms with van der Waals surface area (Å²) < 4.78 is 0. The Labute approximate surface area is 133 Å². The molecule has 0 bridgehead atoms. The van der Waals surface area contributed by atoms with E-state index in [-0.39, 0.29) is 24.8 Å². The van der Waals surface area contributed by atoms with Crippen molar-refractivity contribution in [2.24, 2.45) is 0 Å². The van der Waals surface area contributed by atoms with Crippen LogP contribution in [0.25, 0.3) is 0 Å². The predicted molar refractivity (Wildman–Crippen MR) is 92.0 cm³/mol. The lowest BCUT2D eigenvalue weighted by atomic mass is 9.97. The number of nitrogens with one attached hydrogen (secondary N) is 1. The molecule has 2 aromatic carbocycles. The molecule has 4 heteroatoms. The minimum Gasteiger partial charge on any atom is -0.399 e. The van der Waals surface area contributed by atoms with Gasteiger partial charge in [-0.3, -0.25) is 0 Å². The zero-order valence-electron chi connectivity index (χ0n) is 11.8. The van der Waals surface area contributed by atoms with Gasteiger partial charge in [-0.05, 0) is 37.6 Å². The molecule has 1 atom stereocenters. The number of para-hydroxylation sites is 1. The van der Waals surface area contributed by atoms with E-state index in [2.05, 4.69) is 42.6 Å². The summed E-state index contributed by atoms with van der Waals surface area (Å²) in [5.41, 5.74) is 10.6. The number of aryl methyl sites for hydroxylation is 1. The third-order valence-electron chi connectivity index (χ3n) is 3.31. The standard InChI is InChI=1S/C16H20N2.2ClH/c1-12-7-9-13(10-8-12)16(18-2)11-14-5-3-4-6-15(14)17;;/h3-10,16,18H,11,17H2,1-2H3;2*1H. The molecule has 0 aromatic heterocycles. The summed E-state index contributed by atoms with van der Waals surface area (Å²) in [5.74, 6) is 0. The van der Waals surface area contributed by atoms with Crippen molar-refractivity contribution in [3.8, 4) is 0 Å². The van der Waals surface area contributed by atoms with Crippen molar-refractivity contribution in [2.45, 2.75) is 19.4 Å². The maximum atomic E-state index is 6.00. The van der Waals surface area contributed by atoms with Gasteiger partial charge in [0.25, 0.3) is 0 Å². The van der Waals surface area contributed by atoms with Gasteiger partial charge >= 0.3 is 0 Å². The molecule has 2 nitrogen and oxygen atoms in total. The molecule has 0 spiro atoms. The SMILES string of the molecule is CNC(Cc1ccccc1N)c1ccc(C)cc1.Cl.Cl. The van der Waals surface area contributed by atoms with E-state index in [0.717, 1.165) is 12.1 Å². The summed E-state index contributed by atoms with van der Waals surface area (Å²) in [5, 5.41) is 3.36. The van der Waals surface area contributed by atoms with Gasteiger partial charge in [0.15, 0.2) is 0 Å². The van der Waals surface area contributed by atoms with Gasteiger partial charge in [0.2, 0.25) is 0 Å². The molecule has 20 heavy (non-hydrogen) atoms. The van der Waals surface area contributed by atoms with Crippen LogP contribution in [-0.4, -0.2) is 7.05 Å². The van der Waals surface area contributed by atoms with Crippen LogP contribution in [0.15, 0.2) is 48.5 Å². The van der Waals surface area contributed by atoms with Crippen molar-refractivity contribution in [2.75, 3.05) is 12.8 Å². The fourth-order valence-electron chi connectivity index (χ4n) is 2.13. The highest BCUT2D eigenvalue weighted by Crippen LogP contribution is 2.21. The molecule has 2 aromatic rings. The molecule has 0 fully saturated rings. The van der Waals surface area contributed by atoms with Gasteiger partial charge in [0.1, 0.15) is 0 Å². The normalized spacial score (nSPS) is 11.1. The largest absolute Gasteiger partial charge is 0.399 e. The highest BCUT2D eigenvalue weighted by molar-refractivity contribution is 5.85. The second-order valence-electron chi connectivity index (χ2n) is 4.65. The first-order chi connectivity index (χ1) is 8.70. The highest BCUT2D eigenvalue weighted by Gasteiger charge is 2.11. The molecule has 0 aliphatic carbocycles. The molecular formula is C16H22Cl2N2. The smallest absolute Gasteiger partial charge is 0.0359 e. The van der Waals surface area contributed by atoms with E-state index < -0.39 is 0 Å². The fraction of sp³-hybridized carbons (Fsp3) is 0.250. The average Bonchev–Trinajstić information content (AvgIpc) is 2.39. The zero-order chi connectivity index (χ0) is 13.0. The van der Waals surface area contributed by atoms with E-state index >= 15 is 0 Å². The Morgan fingerprint density at radius 3 is 2.15 bits per heavy atom. The lowest BCUT2D eigenvalue weighted by molar-refractivity contribution is 0.593.